The minimum atomic E-state index is -0.793. The van der Waals surface area contributed by atoms with Crippen LogP contribution in [0.3, 0.4) is 0 Å². The number of carbonyl (C=O) groups is 1. The molecule has 3 rings (SSSR count). The lowest BCUT2D eigenvalue weighted by Gasteiger charge is -2.10. The standard InChI is InChI=1S/C17H14O2S/c1-11(17(18)19)13-8-9-16-14(10-13)7-6-12-4-2-3-5-15(12)20-16/h2-11H,1H3,(H,18,19). The largest absolute Gasteiger partial charge is 0.481 e. The van der Waals surface area contributed by atoms with E-state index in [-0.39, 0.29) is 0 Å². The predicted molar refractivity (Wildman–Crippen MR) is 82.0 cm³/mol. The van der Waals surface area contributed by atoms with E-state index in [1.54, 1.807) is 18.7 Å². The molecular formula is C17H14O2S. The molecule has 1 atom stereocenters. The van der Waals surface area contributed by atoms with Gasteiger partial charge in [0, 0.05) is 9.79 Å². The van der Waals surface area contributed by atoms with Crippen molar-refractivity contribution in [2.24, 2.45) is 0 Å². The number of hydrogen-bond acceptors (Lipinski definition) is 2. The first-order valence-corrected chi connectivity index (χ1v) is 7.28. The molecule has 0 saturated carbocycles. The van der Waals surface area contributed by atoms with Gasteiger partial charge < -0.3 is 5.11 Å². The molecule has 0 aromatic heterocycles. The molecule has 20 heavy (non-hydrogen) atoms. The van der Waals surface area contributed by atoms with E-state index < -0.39 is 11.9 Å². The number of aliphatic carboxylic acids is 1. The van der Waals surface area contributed by atoms with Gasteiger partial charge in [-0.25, -0.2) is 0 Å². The Morgan fingerprint density at radius 3 is 2.55 bits per heavy atom. The third-order valence-electron chi connectivity index (χ3n) is 3.49. The van der Waals surface area contributed by atoms with Crippen LogP contribution in [0.25, 0.3) is 12.2 Å². The van der Waals surface area contributed by atoms with Crippen LogP contribution in [0.4, 0.5) is 0 Å². The van der Waals surface area contributed by atoms with Gasteiger partial charge in [0.2, 0.25) is 0 Å². The number of carboxylic acid groups (broad SMARTS) is 1. The van der Waals surface area contributed by atoms with Gasteiger partial charge >= 0.3 is 5.97 Å². The summed E-state index contributed by atoms with van der Waals surface area (Å²) in [6, 6.07) is 14.2. The van der Waals surface area contributed by atoms with E-state index in [9.17, 15) is 4.79 Å². The molecule has 0 amide bonds. The number of carboxylic acids is 1. The third-order valence-corrected chi connectivity index (χ3v) is 4.67. The molecule has 2 aromatic rings. The molecule has 100 valence electrons. The predicted octanol–water partition coefficient (Wildman–Crippen LogP) is 4.51. The number of rotatable bonds is 2. The highest BCUT2D eigenvalue weighted by Gasteiger charge is 2.16. The Morgan fingerprint density at radius 1 is 1.05 bits per heavy atom. The van der Waals surface area contributed by atoms with Crippen LogP contribution in [0.15, 0.2) is 52.3 Å². The molecule has 0 radical (unpaired) electrons. The Morgan fingerprint density at radius 2 is 1.75 bits per heavy atom. The molecule has 2 nitrogen and oxygen atoms in total. The summed E-state index contributed by atoms with van der Waals surface area (Å²) in [7, 11) is 0. The van der Waals surface area contributed by atoms with Gasteiger partial charge in [0.15, 0.2) is 0 Å². The third kappa shape index (κ3) is 2.37. The second-order valence-electron chi connectivity index (χ2n) is 4.83. The summed E-state index contributed by atoms with van der Waals surface area (Å²) >= 11 is 1.72. The SMILES string of the molecule is CC(C(=O)O)c1ccc2c(c1)C=Cc1ccccc1S2. The van der Waals surface area contributed by atoms with Gasteiger partial charge in [0.05, 0.1) is 5.92 Å². The van der Waals surface area contributed by atoms with Crippen molar-refractivity contribution in [1.82, 2.24) is 0 Å². The maximum Gasteiger partial charge on any atom is 0.310 e. The summed E-state index contributed by atoms with van der Waals surface area (Å²) in [5.74, 6) is -1.28. The summed E-state index contributed by atoms with van der Waals surface area (Å²) in [6.45, 7) is 1.71. The van der Waals surface area contributed by atoms with Crippen molar-refractivity contribution in [3.8, 4) is 0 Å². The zero-order valence-corrected chi connectivity index (χ0v) is 11.9. The van der Waals surface area contributed by atoms with E-state index >= 15 is 0 Å². The minimum absolute atomic E-state index is 0.482. The van der Waals surface area contributed by atoms with Gasteiger partial charge in [0.1, 0.15) is 0 Å². The fourth-order valence-electron chi connectivity index (χ4n) is 2.21. The topological polar surface area (TPSA) is 37.3 Å². The molecule has 3 heteroatoms. The summed E-state index contributed by atoms with van der Waals surface area (Å²) in [5.41, 5.74) is 3.12. The molecule has 1 aliphatic rings. The molecule has 0 saturated heterocycles. The van der Waals surface area contributed by atoms with Crippen molar-refractivity contribution in [3.05, 3.63) is 59.2 Å². The lowest BCUT2D eigenvalue weighted by Crippen LogP contribution is -2.07. The lowest BCUT2D eigenvalue weighted by atomic mass is 9.99. The van der Waals surface area contributed by atoms with Crippen LogP contribution in [0, 0.1) is 0 Å². The molecular weight excluding hydrogens is 268 g/mol. The Kier molecular flexibility index (Phi) is 3.36. The monoisotopic (exact) mass is 282 g/mol. The molecule has 1 heterocycles. The van der Waals surface area contributed by atoms with Crippen LogP contribution in [0.1, 0.15) is 29.5 Å². The Hall–Kier alpha value is -2.00. The average molecular weight is 282 g/mol. The molecule has 0 fully saturated rings. The number of benzene rings is 2. The van der Waals surface area contributed by atoms with Crippen LogP contribution < -0.4 is 0 Å². The molecule has 1 N–H and O–H groups in total. The van der Waals surface area contributed by atoms with Crippen LogP contribution in [0.2, 0.25) is 0 Å². The van der Waals surface area contributed by atoms with Crippen molar-refractivity contribution in [3.63, 3.8) is 0 Å². The van der Waals surface area contributed by atoms with Crippen molar-refractivity contribution < 1.29 is 9.90 Å². The Bertz CT molecular complexity index is 704. The van der Waals surface area contributed by atoms with Crippen molar-refractivity contribution in [1.29, 1.82) is 0 Å². The molecule has 0 aliphatic carbocycles. The molecule has 0 spiro atoms. The average Bonchev–Trinajstić information content (AvgIpc) is 2.64. The maximum absolute atomic E-state index is 11.1. The van der Waals surface area contributed by atoms with E-state index in [0.29, 0.717) is 0 Å². The quantitative estimate of drug-likeness (QED) is 0.751. The first-order chi connectivity index (χ1) is 9.65. The maximum atomic E-state index is 11.1. The highest BCUT2D eigenvalue weighted by molar-refractivity contribution is 7.99. The van der Waals surface area contributed by atoms with Crippen molar-refractivity contribution in [2.45, 2.75) is 22.6 Å². The van der Waals surface area contributed by atoms with E-state index in [1.807, 2.05) is 30.3 Å². The van der Waals surface area contributed by atoms with Crippen LogP contribution in [-0.2, 0) is 4.79 Å². The summed E-state index contributed by atoms with van der Waals surface area (Å²) in [6.07, 6.45) is 4.15. The molecule has 0 bridgehead atoms. The van der Waals surface area contributed by atoms with Crippen molar-refractivity contribution in [2.75, 3.05) is 0 Å². The fraction of sp³-hybridized carbons (Fsp3) is 0.118. The normalized spacial score (nSPS) is 14.1. The van der Waals surface area contributed by atoms with E-state index in [2.05, 4.69) is 24.3 Å². The lowest BCUT2D eigenvalue weighted by molar-refractivity contribution is -0.138. The van der Waals surface area contributed by atoms with Gasteiger partial charge in [0.25, 0.3) is 0 Å². The first-order valence-electron chi connectivity index (χ1n) is 6.47. The first kappa shape index (κ1) is 13.0. The van der Waals surface area contributed by atoms with Gasteiger partial charge in [-0.2, -0.15) is 0 Å². The minimum Gasteiger partial charge on any atom is -0.481 e. The van der Waals surface area contributed by atoms with Crippen LogP contribution >= 0.6 is 11.8 Å². The highest BCUT2D eigenvalue weighted by Crippen LogP contribution is 2.38. The molecule has 1 aliphatic heterocycles. The van der Waals surface area contributed by atoms with Crippen LogP contribution in [0.5, 0.6) is 0 Å². The zero-order chi connectivity index (χ0) is 14.1. The fourth-order valence-corrected chi connectivity index (χ4v) is 3.23. The molecule has 2 aromatic carbocycles. The summed E-state index contributed by atoms with van der Waals surface area (Å²) in [5, 5.41) is 9.11. The number of hydrogen-bond donors (Lipinski definition) is 1. The molecule has 1 unspecified atom stereocenters. The van der Waals surface area contributed by atoms with E-state index in [4.69, 9.17) is 5.11 Å². The Labute approximate surface area is 122 Å². The second kappa shape index (κ2) is 5.17. The van der Waals surface area contributed by atoms with Crippen LogP contribution in [-0.4, -0.2) is 11.1 Å². The van der Waals surface area contributed by atoms with E-state index in [1.165, 1.54) is 10.5 Å². The summed E-state index contributed by atoms with van der Waals surface area (Å²) in [4.78, 5) is 13.5. The van der Waals surface area contributed by atoms with Gasteiger partial charge in [-0.05, 0) is 41.8 Å². The second-order valence-corrected chi connectivity index (χ2v) is 5.91. The van der Waals surface area contributed by atoms with Crippen molar-refractivity contribution >= 4 is 29.9 Å². The van der Waals surface area contributed by atoms with Gasteiger partial charge in [-0.3, -0.25) is 4.79 Å². The van der Waals surface area contributed by atoms with E-state index in [0.717, 1.165) is 16.0 Å². The number of fused-ring (bicyclic) bond motifs is 2. The highest BCUT2D eigenvalue weighted by atomic mass is 32.2. The summed E-state index contributed by atoms with van der Waals surface area (Å²) < 4.78 is 0. The Balaban J connectivity index is 2.04. The van der Waals surface area contributed by atoms with Gasteiger partial charge in [-0.15, -0.1) is 0 Å². The zero-order valence-electron chi connectivity index (χ0n) is 11.0. The smallest absolute Gasteiger partial charge is 0.310 e. The van der Waals surface area contributed by atoms with Gasteiger partial charge in [-0.1, -0.05) is 48.2 Å².